The van der Waals surface area contributed by atoms with Gasteiger partial charge in [-0.05, 0) is 24.0 Å². The van der Waals surface area contributed by atoms with Crippen molar-refractivity contribution in [2.45, 2.75) is 31.0 Å². The lowest BCUT2D eigenvalue weighted by atomic mass is 9.84. The topological polar surface area (TPSA) is 3.24 Å². The predicted octanol–water partition coefficient (Wildman–Crippen LogP) is 5.95. The molecule has 2 aromatic rings. The van der Waals surface area contributed by atoms with Crippen LogP contribution in [0.3, 0.4) is 0 Å². The van der Waals surface area contributed by atoms with E-state index in [0.717, 1.165) is 16.0 Å². The number of nitrogens with zero attached hydrogens (tertiary/aromatic N) is 1. The molecule has 2 aromatic carbocycles. The smallest absolute Gasteiger partial charge is 0.342 e. The minimum atomic E-state index is -5.33. The van der Waals surface area contributed by atoms with Crippen LogP contribution >= 0.6 is 0 Å². The summed E-state index contributed by atoms with van der Waals surface area (Å²) in [6.07, 6.45) is -4.35. The summed E-state index contributed by atoms with van der Waals surface area (Å²) < 4.78 is 65.8. The average Bonchev–Trinajstić information content (AvgIpc) is 3.11. The zero-order valence-electron chi connectivity index (χ0n) is 13.9. The third-order valence-corrected chi connectivity index (χ3v) is 4.68. The van der Waals surface area contributed by atoms with Crippen molar-refractivity contribution in [3.63, 3.8) is 0 Å². The van der Waals surface area contributed by atoms with E-state index in [-0.39, 0.29) is 12.5 Å². The number of halogens is 5. The highest BCUT2D eigenvalue weighted by Crippen LogP contribution is 2.41. The van der Waals surface area contributed by atoms with E-state index in [1.165, 1.54) is 0 Å². The maximum atomic E-state index is 14.3. The second-order valence-corrected chi connectivity index (χ2v) is 6.30. The maximum Gasteiger partial charge on any atom is 0.447 e. The molecule has 0 radical (unpaired) electrons. The van der Waals surface area contributed by atoms with Crippen LogP contribution < -0.4 is 0 Å². The molecule has 0 bridgehead atoms. The Balaban J connectivity index is 2.04. The molecule has 0 saturated carbocycles. The summed E-state index contributed by atoms with van der Waals surface area (Å²) in [5.74, 6) is -4.84. The van der Waals surface area contributed by atoms with Crippen LogP contribution in [0, 0.1) is 0 Å². The molecular formula is C20H18F5N. The molecule has 0 unspecified atom stereocenters. The van der Waals surface area contributed by atoms with E-state index >= 15 is 0 Å². The van der Waals surface area contributed by atoms with E-state index in [1.54, 1.807) is 0 Å². The normalized spacial score (nSPS) is 19.0. The minimum absolute atomic E-state index is 0.0518. The molecule has 0 aliphatic carbocycles. The quantitative estimate of drug-likeness (QED) is 0.477. The van der Waals surface area contributed by atoms with Crippen LogP contribution in [0.25, 0.3) is 0 Å². The molecule has 0 amide bonds. The molecule has 1 heterocycles. The first-order valence-corrected chi connectivity index (χ1v) is 8.38. The van der Waals surface area contributed by atoms with Gasteiger partial charge in [0.2, 0.25) is 5.95 Å². The van der Waals surface area contributed by atoms with Gasteiger partial charge in [-0.15, -0.1) is 0 Å². The molecule has 138 valence electrons. The van der Waals surface area contributed by atoms with Crippen LogP contribution in [0.1, 0.15) is 29.9 Å². The van der Waals surface area contributed by atoms with E-state index in [4.69, 9.17) is 0 Å². The van der Waals surface area contributed by atoms with E-state index < -0.39 is 24.0 Å². The van der Waals surface area contributed by atoms with Gasteiger partial charge in [0.1, 0.15) is 0 Å². The lowest BCUT2D eigenvalue weighted by molar-refractivity contribution is -0.113. The zero-order valence-corrected chi connectivity index (χ0v) is 13.9. The molecular weight excluding hydrogens is 349 g/mol. The van der Waals surface area contributed by atoms with Gasteiger partial charge in [-0.2, -0.15) is 22.0 Å². The average molecular weight is 367 g/mol. The number of likely N-dealkylation sites (tertiary alicyclic amines) is 1. The fraction of sp³-hybridized carbons (Fsp3) is 0.300. The van der Waals surface area contributed by atoms with E-state index in [1.807, 2.05) is 60.7 Å². The number of alkyl halides is 3. The summed E-state index contributed by atoms with van der Waals surface area (Å²) in [4.78, 5) is 0.924. The third-order valence-electron chi connectivity index (χ3n) is 4.68. The summed E-state index contributed by atoms with van der Waals surface area (Å²) in [6, 6.07) is 17.8. The summed E-state index contributed by atoms with van der Waals surface area (Å²) in [5, 5.41) is 0. The van der Waals surface area contributed by atoms with Crippen molar-refractivity contribution >= 4 is 0 Å². The minimum Gasteiger partial charge on any atom is -0.342 e. The Morgan fingerprint density at radius 2 is 1.38 bits per heavy atom. The van der Waals surface area contributed by atoms with Crippen molar-refractivity contribution in [3.05, 3.63) is 83.6 Å². The Morgan fingerprint density at radius 1 is 0.885 bits per heavy atom. The molecule has 6 heteroatoms. The van der Waals surface area contributed by atoms with Crippen LogP contribution in [-0.4, -0.2) is 23.7 Å². The van der Waals surface area contributed by atoms with Crippen LogP contribution in [0.2, 0.25) is 0 Å². The van der Waals surface area contributed by atoms with Crippen LogP contribution in [0.5, 0.6) is 0 Å². The van der Waals surface area contributed by atoms with Crippen molar-refractivity contribution in [2.75, 3.05) is 6.54 Å². The SMILES string of the molecule is F/C(=C(/F)C(F)(F)F)N1CCC[C@H]1C(c1ccccc1)c1ccccc1. The van der Waals surface area contributed by atoms with Crippen LogP contribution in [0.4, 0.5) is 22.0 Å². The van der Waals surface area contributed by atoms with E-state index in [2.05, 4.69) is 0 Å². The summed E-state index contributed by atoms with van der Waals surface area (Å²) in [6.45, 7) is 0.0518. The fourth-order valence-electron chi connectivity index (χ4n) is 3.58. The summed E-state index contributed by atoms with van der Waals surface area (Å²) in [5.41, 5.74) is 1.71. The van der Waals surface area contributed by atoms with Crippen LogP contribution in [-0.2, 0) is 0 Å². The van der Waals surface area contributed by atoms with Crippen molar-refractivity contribution in [2.24, 2.45) is 0 Å². The Bertz CT molecular complexity index is 715. The standard InChI is InChI=1S/C20H18F5N/c21-18(20(23,24)25)19(22)26-13-7-12-16(26)17(14-8-3-1-4-9-14)15-10-5-2-6-11-15/h1-6,8-11,16-17H,7,12-13H2/b19-18-/t16-/m0/s1. The van der Waals surface area contributed by atoms with Crippen molar-refractivity contribution in [1.82, 2.24) is 4.90 Å². The number of benzene rings is 2. The van der Waals surface area contributed by atoms with Crippen molar-refractivity contribution in [1.29, 1.82) is 0 Å². The monoisotopic (exact) mass is 367 g/mol. The molecule has 1 nitrogen and oxygen atoms in total. The van der Waals surface area contributed by atoms with Gasteiger partial charge >= 0.3 is 6.18 Å². The number of hydrogen-bond acceptors (Lipinski definition) is 1. The Hall–Kier alpha value is -2.37. The lowest BCUT2D eigenvalue weighted by Gasteiger charge is -2.33. The van der Waals surface area contributed by atoms with Gasteiger partial charge in [-0.25, -0.2) is 0 Å². The Kier molecular flexibility index (Phi) is 5.30. The molecule has 0 aromatic heterocycles. The van der Waals surface area contributed by atoms with Gasteiger partial charge in [0.15, 0.2) is 0 Å². The molecule has 0 N–H and O–H groups in total. The molecule has 1 saturated heterocycles. The Morgan fingerprint density at radius 3 is 1.85 bits per heavy atom. The van der Waals surface area contributed by atoms with Gasteiger partial charge in [-0.1, -0.05) is 60.7 Å². The number of rotatable bonds is 4. The second-order valence-electron chi connectivity index (χ2n) is 6.30. The largest absolute Gasteiger partial charge is 0.447 e. The van der Waals surface area contributed by atoms with Gasteiger partial charge in [0.25, 0.3) is 5.83 Å². The molecule has 3 rings (SSSR count). The highest BCUT2D eigenvalue weighted by atomic mass is 19.4. The molecule has 0 spiro atoms. The van der Waals surface area contributed by atoms with E-state index in [0.29, 0.717) is 12.8 Å². The van der Waals surface area contributed by atoms with Crippen molar-refractivity contribution < 1.29 is 22.0 Å². The highest BCUT2D eigenvalue weighted by molar-refractivity contribution is 5.35. The maximum absolute atomic E-state index is 14.3. The molecule has 1 fully saturated rings. The Labute approximate surface area is 148 Å². The first-order chi connectivity index (χ1) is 12.4. The molecule has 1 atom stereocenters. The van der Waals surface area contributed by atoms with Gasteiger partial charge in [-0.3, -0.25) is 0 Å². The van der Waals surface area contributed by atoms with Crippen molar-refractivity contribution in [3.8, 4) is 0 Å². The number of allylic oxidation sites excluding steroid dienone is 1. The first kappa shape index (κ1) is 18.4. The summed E-state index contributed by atoms with van der Waals surface area (Å²) >= 11 is 0. The highest BCUT2D eigenvalue weighted by Gasteiger charge is 2.43. The lowest BCUT2D eigenvalue weighted by Crippen LogP contribution is -2.35. The van der Waals surface area contributed by atoms with Gasteiger partial charge in [0, 0.05) is 18.5 Å². The molecule has 26 heavy (non-hydrogen) atoms. The second kappa shape index (κ2) is 7.48. The van der Waals surface area contributed by atoms with Crippen LogP contribution in [0.15, 0.2) is 72.4 Å². The first-order valence-electron chi connectivity index (χ1n) is 8.38. The fourth-order valence-corrected chi connectivity index (χ4v) is 3.58. The molecule has 1 aliphatic rings. The van der Waals surface area contributed by atoms with Gasteiger partial charge < -0.3 is 4.90 Å². The van der Waals surface area contributed by atoms with Gasteiger partial charge in [0.05, 0.1) is 0 Å². The predicted molar refractivity (Wildman–Crippen MR) is 89.8 cm³/mol. The van der Waals surface area contributed by atoms with E-state index in [9.17, 15) is 22.0 Å². The number of hydrogen-bond donors (Lipinski definition) is 0. The molecule has 1 aliphatic heterocycles. The third kappa shape index (κ3) is 3.74. The zero-order chi connectivity index (χ0) is 18.7. The summed E-state index contributed by atoms with van der Waals surface area (Å²) in [7, 11) is 0.